The Hall–Kier alpha value is -1.42. The van der Waals surface area contributed by atoms with Crippen LogP contribution >= 0.6 is 0 Å². The van der Waals surface area contributed by atoms with Crippen LogP contribution in [-0.4, -0.2) is 30.1 Å². The highest BCUT2D eigenvalue weighted by Gasteiger charge is 2.25. The van der Waals surface area contributed by atoms with E-state index >= 15 is 0 Å². The van der Waals surface area contributed by atoms with Crippen molar-refractivity contribution < 1.29 is 9.53 Å². The van der Waals surface area contributed by atoms with E-state index in [1.807, 2.05) is 18.2 Å². The van der Waals surface area contributed by atoms with Crippen molar-refractivity contribution in [3.05, 3.63) is 30.1 Å². The molecule has 4 heteroatoms. The lowest BCUT2D eigenvalue weighted by Gasteiger charge is -2.25. The zero-order valence-electron chi connectivity index (χ0n) is 8.48. The fourth-order valence-electron chi connectivity index (χ4n) is 1.39. The first-order chi connectivity index (χ1) is 7.36. The second kappa shape index (κ2) is 4.89. The van der Waals surface area contributed by atoms with Crippen LogP contribution in [0.2, 0.25) is 0 Å². The molecule has 1 aromatic rings. The van der Waals surface area contributed by atoms with Gasteiger partial charge in [0.2, 0.25) is 0 Å². The molecular weight excluding hydrogens is 192 g/mol. The molecule has 1 aliphatic rings. The van der Waals surface area contributed by atoms with Crippen LogP contribution in [0.1, 0.15) is 12.1 Å². The summed E-state index contributed by atoms with van der Waals surface area (Å²) in [6, 6.07) is 5.65. The molecule has 1 N–H and O–H groups in total. The molecule has 15 heavy (non-hydrogen) atoms. The molecule has 1 saturated heterocycles. The van der Waals surface area contributed by atoms with Gasteiger partial charge in [0.25, 0.3) is 0 Å². The van der Waals surface area contributed by atoms with Crippen molar-refractivity contribution in [2.24, 2.45) is 0 Å². The van der Waals surface area contributed by atoms with Crippen molar-refractivity contribution in [2.75, 3.05) is 13.2 Å². The van der Waals surface area contributed by atoms with Crippen molar-refractivity contribution in [3.8, 4) is 0 Å². The number of nitrogens with one attached hydrogen (secondary N) is 1. The first-order valence-corrected chi connectivity index (χ1v) is 5.16. The fraction of sp³-hybridized carbons (Fsp3) is 0.455. The number of hydrogen-bond donors (Lipinski definition) is 1. The maximum Gasteiger partial charge on any atom is 0.323 e. The molecule has 1 unspecified atom stereocenters. The van der Waals surface area contributed by atoms with E-state index in [-0.39, 0.29) is 12.0 Å². The van der Waals surface area contributed by atoms with Crippen LogP contribution in [0, 0.1) is 0 Å². The van der Waals surface area contributed by atoms with Gasteiger partial charge < -0.3 is 10.1 Å². The zero-order valence-corrected chi connectivity index (χ0v) is 8.48. The lowest BCUT2D eigenvalue weighted by atomic mass is 10.1. The van der Waals surface area contributed by atoms with Gasteiger partial charge in [0.1, 0.15) is 6.04 Å². The molecule has 80 valence electrons. The SMILES string of the molecule is O=C(OCCc1ccccn1)C1CCN1. The van der Waals surface area contributed by atoms with Crippen LogP contribution in [0.15, 0.2) is 24.4 Å². The predicted molar refractivity (Wildman–Crippen MR) is 55.3 cm³/mol. The molecular formula is C11H14N2O2. The lowest BCUT2D eigenvalue weighted by molar-refractivity contribution is -0.148. The number of pyridine rings is 1. The van der Waals surface area contributed by atoms with E-state index in [1.54, 1.807) is 6.20 Å². The zero-order chi connectivity index (χ0) is 10.5. The van der Waals surface area contributed by atoms with E-state index in [9.17, 15) is 4.79 Å². The lowest BCUT2D eigenvalue weighted by Crippen LogP contribution is -2.49. The summed E-state index contributed by atoms with van der Waals surface area (Å²) in [6.07, 6.45) is 3.31. The molecule has 1 aromatic heterocycles. The summed E-state index contributed by atoms with van der Waals surface area (Å²) in [6.45, 7) is 1.33. The van der Waals surface area contributed by atoms with Gasteiger partial charge in [-0.15, -0.1) is 0 Å². The molecule has 0 spiro atoms. The molecule has 1 atom stereocenters. The standard InChI is InChI=1S/C11H14N2O2/c14-11(10-4-7-13-10)15-8-5-9-3-1-2-6-12-9/h1-3,6,10,13H,4-5,7-8H2. The summed E-state index contributed by atoms with van der Waals surface area (Å²) in [7, 11) is 0. The fourth-order valence-corrected chi connectivity index (χ4v) is 1.39. The van der Waals surface area contributed by atoms with Gasteiger partial charge in [-0.1, -0.05) is 6.07 Å². The van der Waals surface area contributed by atoms with Gasteiger partial charge in [0.05, 0.1) is 6.61 Å². The van der Waals surface area contributed by atoms with Crippen LogP contribution in [0.5, 0.6) is 0 Å². The largest absolute Gasteiger partial charge is 0.464 e. The third-order valence-corrected chi connectivity index (χ3v) is 2.44. The van der Waals surface area contributed by atoms with Crippen molar-refractivity contribution in [1.29, 1.82) is 0 Å². The van der Waals surface area contributed by atoms with E-state index in [0.29, 0.717) is 13.0 Å². The van der Waals surface area contributed by atoms with E-state index < -0.39 is 0 Å². The summed E-state index contributed by atoms with van der Waals surface area (Å²) in [4.78, 5) is 15.5. The molecule has 0 radical (unpaired) electrons. The number of carbonyl (C=O) groups is 1. The maximum atomic E-state index is 11.3. The van der Waals surface area contributed by atoms with Crippen molar-refractivity contribution in [3.63, 3.8) is 0 Å². The van der Waals surface area contributed by atoms with E-state index in [0.717, 1.165) is 18.7 Å². The second-order valence-electron chi connectivity index (χ2n) is 3.53. The number of ether oxygens (including phenoxy) is 1. The molecule has 0 aromatic carbocycles. The molecule has 0 aliphatic carbocycles. The van der Waals surface area contributed by atoms with Crippen LogP contribution in [0.4, 0.5) is 0 Å². The summed E-state index contributed by atoms with van der Waals surface area (Å²) in [5.74, 6) is -0.141. The Balaban J connectivity index is 1.68. The minimum absolute atomic E-state index is 0.0752. The maximum absolute atomic E-state index is 11.3. The van der Waals surface area contributed by atoms with Crippen molar-refractivity contribution in [2.45, 2.75) is 18.9 Å². The Morgan fingerprint density at radius 3 is 3.07 bits per heavy atom. The number of esters is 1. The predicted octanol–water partition coefficient (Wildman–Crippen LogP) is 0.529. The van der Waals surface area contributed by atoms with E-state index in [4.69, 9.17) is 4.74 Å². The van der Waals surface area contributed by atoms with Crippen molar-refractivity contribution in [1.82, 2.24) is 10.3 Å². The van der Waals surface area contributed by atoms with Gasteiger partial charge in [0.15, 0.2) is 0 Å². The third-order valence-electron chi connectivity index (χ3n) is 2.44. The molecule has 4 nitrogen and oxygen atoms in total. The minimum atomic E-state index is -0.141. The number of nitrogens with zero attached hydrogens (tertiary/aromatic N) is 1. The second-order valence-corrected chi connectivity index (χ2v) is 3.53. The monoisotopic (exact) mass is 206 g/mol. The van der Waals surface area contributed by atoms with Crippen LogP contribution in [0.3, 0.4) is 0 Å². The Kier molecular flexibility index (Phi) is 3.29. The highest BCUT2D eigenvalue weighted by Crippen LogP contribution is 2.04. The van der Waals surface area contributed by atoms with Gasteiger partial charge in [-0.3, -0.25) is 9.78 Å². The highest BCUT2D eigenvalue weighted by molar-refractivity contribution is 5.76. The Morgan fingerprint density at radius 1 is 1.60 bits per heavy atom. The third kappa shape index (κ3) is 2.76. The van der Waals surface area contributed by atoms with Crippen LogP contribution in [-0.2, 0) is 16.0 Å². The number of aromatic nitrogens is 1. The Bertz CT molecular complexity index is 323. The first-order valence-electron chi connectivity index (χ1n) is 5.16. The summed E-state index contributed by atoms with van der Waals surface area (Å²) in [5.41, 5.74) is 0.951. The molecule has 2 heterocycles. The average Bonchev–Trinajstić information content (AvgIpc) is 2.16. The van der Waals surface area contributed by atoms with Crippen LogP contribution in [0.25, 0.3) is 0 Å². The molecule has 2 rings (SSSR count). The van der Waals surface area contributed by atoms with E-state index in [2.05, 4.69) is 10.3 Å². The molecule has 0 bridgehead atoms. The highest BCUT2D eigenvalue weighted by atomic mass is 16.5. The van der Waals surface area contributed by atoms with Gasteiger partial charge >= 0.3 is 5.97 Å². The number of carbonyl (C=O) groups excluding carboxylic acids is 1. The van der Waals surface area contributed by atoms with Gasteiger partial charge in [-0.2, -0.15) is 0 Å². The Labute approximate surface area is 88.7 Å². The molecule has 1 aliphatic heterocycles. The summed E-state index contributed by atoms with van der Waals surface area (Å²) >= 11 is 0. The first kappa shape index (κ1) is 10.1. The molecule has 0 amide bonds. The van der Waals surface area contributed by atoms with Crippen LogP contribution < -0.4 is 5.32 Å². The normalized spacial score (nSPS) is 19.3. The average molecular weight is 206 g/mol. The minimum Gasteiger partial charge on any atom is -0.464 e. The molecule has 1 fully saturated rings. The quantitative estimate of drug-likeness (QED) is 0.730. The topological polar surface area (TPSA) is 51.2 Å². The number of rotatable bonds is 4. The Morgan fingerprint density at radius 2 is 2.47 bits per heavy atom. The van der Waals surface area contributed by atoms with E-state index in [1.165, 1.54) is 0 Å². The summed E-state index contributed by atoms with van der Waals surface area (Å²) < 4.78 is 5.11. The van der Waals surface area contributed by atoms with Gasteiger partial charge in [-0.05, 0) is 25.1 Å². The van der Waals surface area contributed by atoms with Gasteiger partial charge in [0, 0.05) is 18.3 Å². The smallest absolute Gasteiger partial charge is 0.323 e. The molecule has 0 saturated carbocycles. The van der Waals surface area contributed by atoms with Gasteiger partial charge in [-0.25, -0.2) is 0 Å². The number of hydrogen-bond acceptors (Lipinski definition) is 4. The van der Waals surface area contributed by atoms with Crippen molar-refractivity contribution >= 4 is 5.97 Å². The summed E-state index contributed by atoms with van der Waals surface area (Å²) in [5, 5.41) is 3.00.